The summed E-state index contributed by atoms with van der Waals surface area (Å²) >= 11 is 11.4. The smallest absolute Gasteiger partial charge is 0.224 e. The molecule has 120 valence electrons. The molecule has 1 aliphatic rings. The van der Waals surface area contributed by atoms with Crippen LogP contribution in [-0.4, -0.2) is 12.5 Å². The normalized spacial score (nSPS) is 22.0. The summed E-state index contributed by atoms with van der Waals surface area (Å²) in [5.74, 6) is 0.233. The fourth-order valence-electron chi connectivity index (χ4n) is 3.05. The van der Waals surface area contributed by atoms with Crippen molar-refractivity contribution in [1.29, 1.82) is 0 Å². The van der Waals surface area contributed by atoms with Crippen LogP contribution in [-0.2, 0) is 11.2 Å². The minimum absolute atomic E-state index is 0.0193. The van der Waals surface area contributed by atoms with Crippen molar-refractivity contribution in [2.75, 3.05) is 6.54 Å². The predicted molar refractivity (Wildman–Crippen MR) is 92.9 cm³/mol. The molecule has 1 fully saturated rings. The van der Waals surface area contributed by atoms with Gasteiger partial charge in [0.05, 0.1) is 5.92 Å². The molecule has 1 aromatic rings. The van der Waals surface area contributed by atoms with Crippen LogP contribution < -0.4 is 5.32 Å². The number of carbonyl (C=O) groups excluding carboxylic acids is 1. The lowest BCUT2D eigenvalue weighted by Crippen LogP contribution is -2.27. The van der Waals surface area contributed by atoms with Gasteiger partial charge in [-0.3, -0.25) is 4.79 Å². The lowest BCUT2D eigenvalue weighted by Gasteiger charge is -2.06. The van der Waals surface area contributed by atoms with Crippen LogP contribution in [0.2, 0.25) is 0 Å². The van der Waals surface area contributed by atoms with Gasteiger partial charge in [0, 0.05) is 6.54 Å². The highest BCUT2D eigenvalue weighted by Crippen LogP contribution is 2.59. The summed E-state index contributed by atoms with van der Waals surface area (Å²) in [5, 5.41) is 3.04. The molecule has 0 aliphatic heterocycles. The highest BCUT2D eigenvalue weighted by Gasteiger charge is 2.60. The van der Waals surface area contributed by atoms with Crippen LogP contribution in [0.25, 0.3) is 0 Å². The molecule has 2 nitrogen and oxygen atoms in total. The molecular weight excluding hydrogens is 317 g/mol. The van der Waals surface area contributed by atoms with E-state index in [1.165, 1.54) is 5.56 Å². The molecule has 4 heteroatoms. The third kappa shape index (κ3) is 4.50. The van der Waals surface area contributed by atoms with Gasteiger partial charge in [-0.1, -0.05) is 67.4 Å². The molecule has 0 unspecified atom stereocenters. The van der Waals surface area contributed by atoms with E-state index >= 15 is 0 Å². The number of nitrogens with one attached hydrogen (secondary N) is 1. The van der Waals surface area contributed by atoms with Crippen molar-refractivity contribution in [2.45, 2.75) is 33.1 Å². The second-order valence-corrected chi connectivity index (χ2v) is 7.52. The quantitative estimate of drug-likeness (QED) is 0.715. The van der Waals surface area contributed by atoms with Crippen molar-refractivity contribution in [3.8, 4) is 0 Å². The van der Waals surface area contributed by atoms with Gasteiger partial charge in [-0.05, 0) is 42.2 Å². The first-order valence-electron chi connectivity index (χ1n) is 7.77. The fraction of sp³-hybridized carbons (Fsp3) is 0.500. The van der Waals surface area contributed by atoms with E-state index in [1.807, 2.05) is 6.07 Å². The van der Waals surface area contributed by atoms with Crippen LogP contribution in [0.3, 0.4) is 0 Å². The van der Waals surface area contributed by atoms with Crippen molar-refractivity contribution in [3.05, 3.63) is 46.5 Å². The van der Waals surface area contributed by atoms with Crippen LogP contribution in [0.5, 0.6) is 0 Å². The Morgan fingerprint density at radius 3 is 2.55 bits per heavy atom. The van der Waals surface area contributed by atoms with Gasteiger partial charge in [0.25, 0.3) is 0 Å². The Hall–Kier alpha value is -0.990. The summed E-state index contributed by atoms with van der Waals surface area (Å²) in [6.45, 7) is 4.87. The number of allylic oxidation sites excluding steroid dienone is 1. The average molecular weight is 340 g/mol. The maximum absolute atomic E-state index is 12.2. The maximum Gasteiger partial charge on any atom is 0.224 e. The third-order valence-corrected chi connectivity index (χ3v) is 4.78. The number of amides is 1. The third-order valence-electron chi connectivity index (χ3n) is 4.53. The van der Waals surface area contributed by atoms with Gasteiger partial charge in [0.2, 0.25) is 5.91 Å². The Morgan fingerprint density at radius 1 is 1.23 bits per heavy atom. The van der Waals surface area contributed by atoms with Gasteiger partial charge in [-0.2, -0.15) is 0 Å². The molecule has 0 saturated heterocycles. The van der Waals surface area contributed by atoms with Gasteiger partial charge in [0.1, 0.15) is 4.49 Å². The van der Waals surface area contributed by atoms with Crippen LogP contribution in [0.15, 0.2) is 40.9 Å². The SMILES string of the molecule is CC1(C)[C@H](C=C(Cl)Cl)[C@@H]1C(=O)NCCCCc1ccccc1. The number of carbonyl (C=O) groups is 1. The molecule has 2 atom stereocenters. The zero-order chi connectivity index (χ0) is 16.2. The van der Waals surface area contributed by atoms with Gasteiger partial charge in [-0.15, -0.1) is 0 Å². The lowest BCUT2D eigenvalue weighted by atomic mass is 10.1. The van der Waals surface area contributed by atoms with E-state index in [-0.39, 0.29) is 27.6 Å². The highest BCUT2D eigenvalue weighted by molar-refractivity contribution is 6.55. The van der Waals surface area contributed by atoms with Gasteiger partial charge in [0.15, 0.2) is 0 Å². The molecule has 0 radical (unpaired) electrons. The molecule has 2 rings (SSSR count). The Balaban J connectivity index is 1.67. The number of rotatable bonds is 7. The van der Waals surface area contributed by atoms with Crippen molar-refractivity contribution in [2.24, 2.45) is 17.3 Å². The second kappa shape index (κ2) is 7.52. The Bertz CT molecular complexity index is 535. The van der Waals surface area contributed by atoms with Crippen molar-refractivity contribution < 1.29 is 4.79 Å². The van der Waals surface area contributed by atoms with E-state index in [0.29, 0.717) is 0 Å². The van der Waals surface area contributed by atoms with Crippen LogP contribution in [0.4, 0.5) is 0 Å². The van der Waals surface area contributed by atoms with Crippen LogP contribution in [0, 0.1) is 17.3 Å². The van der Waals surface area contributed by atoms with Crippen molar-refractivity contribution in [1.82, 2.24) is 5.32 Å². The molecule has 1 aliphatic carbocycles. The lowest BCUT2D eigenvalue weighted by molar-refractivity contribution is -0.123. The summed E-state index contributed by atoms with van der Waals surface area (Å²) in [5.41, 5.74) is 1.29. The van der Waals surface area contributed by atoms with E-state index in [0.717, 1.165) is 25.8 Å². The molecule has 22 heavy (non-hydrogen) atoms. The van der Waals surface area contributed by atoms with Crippen molar-refractivity contribution >= 4 is 29.1 Å². The predicted octanol–water partition coefficient (Wildman–Crippen LogP) is 4.72. The van der Waals surface area contributed by atoms with E-state index in [1.54, 1.807) is 6.08 Å². The van der Waals surface area contributed by atoms with Gasteiger partial charge < -0.3 is 5.32 Å². The molecule has 1 amide bonds. The molecular formula is C18H23Cl2NO. The minimum Gasteiger partial charge on any atom is -0.356 e. The first-order valence-corrected chi connectivity index (χ1v) is 8.53. The molecule has 1 aromatic carbocycles. The topological polar surface area (TPSA) is 29.1 Å². The molecule has 1 N–H and O–H groups in total. The highest BCUT2D eigenvalue weighted by atomic mass is 35.5. The van der Waals surface area contributed by atoms with E-state index in [9.17, 15) is 4.79 Å². The first kappa shape index (κ1) is 17.4. The summed E-state index contributed by atoms with van der Waals surface area (Å²) in [7, 11) is 0. The van der Waals surface area contributed by atoms with Gasteiger partial charge in [-0.25, -0.2) is 0 Å². The largest absolute Gasteiger partial charge is 0.356 e. The van der Waals surface area contributed by atoms with Gasteiger partial charge >= 0.3 is 0 Å². The van der Waals surface area contributed by atoms with E-state index < -0.39 is 0 Å². The van der Waals surface area contributed by atoms with E-state index in [4.69, 9.17) is 23.2 Å². The van der Waals surface area contributed by atoms with Crippen LogP contribution in [0.1, 0.15) is 32.3 Å². The average Bonchev–Trinajstić information content (AvgIpc) is 2.99. The Labute approximate surface area is 142 Å². The standard InChI is InChI=1S/C18H23Cl2NO/c1-18(2)14(12-15(19)20)16(18)17(22)21-11-7-6-10-13-8-4-3-5-9-13/h3-5,8-9,12,14,16H,6-7,10-11H2,1-2H3,(H,21,22)/t14-,16-/m1/s1. The summed E-state index contributed by atoms with van der Waals surface area (Å²) in [6.07, 6.45) is 4.90. The second-order valence-electron chi connectivity index (χ2n) is 6.51. The molecule has 0 spiro atoms. The molecule has 0 bridgehead atoms. The fourth-order valence-corrected chi connectivity index (χ4v) is 3.32. The summed E-state index contributed by atoms with van der Waals surface area (Å²) < 4.78 is 0.247. The Kier molecular flexibility index (Phi) is 5.94. The number of hydrogen-bond acceptors (Lipinski definition) is 1. The molecule has 1 saturated carbocycles. The minimum atomic E-state index is -0.0524. The Morgan fingerprint density at radius 2 is 1.91 bits per heavy atom. The molecule has 0 heterocycles. The zero-order valence-corrected chi connectivity index (χ0v) is 14.6. The maximum atomic E-state index is 12.2. The number of hydrogen-bond donors (Lipinski definition) is 1. The first-order chi connectivity index (χ1) is 10.4. The van der Waals surface area contributed by atoms with E-state index in [2.05, 4.69) is 43.4 Å². The number of unbranched alkanes of at least 4 members (excludes halogenated alkanes) is 1. The zero-order valence-electron chi connectivity index (χ0n) is 13.1. The summed E-state index contributed by atoms with van der Waals surface area (Å²) in [6, 6.07) is 10.4. The summed E-state index contributed by atoms with van der Waals surface area (Å²) in [4.78, 5) is 12.2. The number of halogens is 2. The van der Waals surface area contributed by atoms with Crippen LogP contribution >= 0.6 is 23.2 Å². The molecule has 0 aromatic heterocycles. The number of aryl methyl sites for hydroxylation is 1. The van der Waals surface area contributed by atoms with Crippen molar-refractivity contribution in [3.63, 3.8) is 0 Å². The number of benzene rings is 1. The monoisotopic (exact) mass is 339 g/mol.